The molecule has 0 aliphatic heterocycles. The summed E-state index contributed by atoms with van der Waals surface area (Å²) in [6.45, 7) is 3.31. The molecule has 1 aliphatic rings. The molecule has 0 bridgehead atoms. The van der Waals surface area contributed by atoms with E-state index in [2.05, 4.69) is 36.5 Å². The second kappa shape index (κ2) is 3.51. The SMILES string of the molecule is CNC[C@@H]1C[C@H]1c1ccc(C)cc1. The molecule has 1 N–H and O–H groups in total. The highest BCUT2D eigenvalue weighted by molar-refractivity contribution is 5.28. The monoisotopic (exact) mass is 175 g/mol. The normalized spacial score (nSPS) is 26.0. The van der Waals surface area contributed by atoms with Crippen LogP contribution < -0.4 is 5.32 Å². The maximum Gasteiger partial charge on any atom is -0.00175 e. The Bertz CT molecular complexity index is 276. The average Bonchev–Trinajstić information content (AvgIpc) is 2.86. The molecule has 1 aliphatic carbocycles. The molecule has 1 saturated carbocycles. The quantitative estimate of drug-likeness (QED) is 0.743. The minimum atomic E-state index is 0.827. The largest absolute Gasteiger partial charge is 0.319 e. The van der Waals surface area contributed by atoms with Gasteiger partial charge in [0.25, 0.3) is 0 Å². The Kier molecular flexibility index (Phi) is 2.36. The van der Waals surface area contributed by atoms with Crippen molar-refractivity contribution in [1.82, 2.24) is 5.32 Å². The lowest BCUT2D eigenvalue weighted by Crippen LogP contribution is -2.10. The van der Waals surface area contributed by atoms with Crippen LogP contribution in [0.5, 0.6) is 0 Å². The summed E-state index contributed by atoms with van der Waals surface area (Å²) in [5.74, 6) is 1.71. The molecular weight excluding hydrogens is 158 g/mol. The molecule has 13 heavy (non-hydrogen) atoms. The van der Waals surface area contributed by atoms with Gasteiger partial charge in [0.1, 0.15) is 0 Å². The van der Waals surface area contributed by atoms with Crippen LogP contribution in [0.2, 0.25) is 0 Å². The van der Waals surface area contributed by atoms with Crippen LogP contribution >= 0.6 is 0 Å². The Labute approximate surface area is 80.2 Å². The highest BCUT2D eigenvalue weighted by Gasteiger charge is 2.37. The van der Waals surface area contributed by atoms with Crippen LogP contribution in [0.4, 0.5) is 0 Å². The van der Waals surface area contributed by atoms with Crippen molar-refractivity contribution in [3.63, 3.8) is 0 Å². The zero-order valence-corrected chi connectivity index (χ0v) is 8.38. The summed E-state index contributed by atoms with van der Waals surface area (Å²) < 4.78 is 0. The van der Waals surface area contributed by atoms with Gasteiger partial charge in [-0.3, -0.25) is 0 Å². The van der Waals surface area contributed by atoms with Crippen LogP contribution in [0.3, 0.4) is 0 Å². The van der Waals surface area contributed by atoms with Gasteiger partial charge in [-0.25, -0.2) is 0 Å². The van der Waals surface area contributed by atoms with E-state index in [0.29, 0.717) is 0 Å². The van der Waals surface area contributed by atoms with Gasteiger partial charge < -0.3 is 5.32 Å². The van der Waals surface area contributed by atoms with Gasteiger partial charge in [0.2, 0.25) is 0 Å². The number of rotatable bonds is 3. The lowest BCUT2D eigenvalue weighted by atomic mass is 10.1. The summed E-state index contributed by atoms with van der Waals surface area (Å²) in [6.07, 6.45) is 1.36. The summed E-state index contributed by atoms with van der Waals surface area (Å²) >= 11 is 0. The molecule has 2 rings (SSSR count). The van der Waals surface area contributed by atoms with Gasteiger partial charge in [-0.1, -0.05) is 29.8 Å². The van der Waals surface area contributed by atoms with Crippen molar-refractivity contribution in [3.8, 4) is 0 Å². The summed E-state index contributed by atoms with van der Waals surface area (Å²) in [7, 11) is 2.03. The average molecular weight is 175 g/mol. The molecule has 1 aromatic carbocycles. The summed E-state index contributed by atoms with van der Waals surface area (Å²) in [5.41, 5.74) is 2.88. The molecule has 70 valence electrons. The molecule has 0 radical (unpaired) electrons. The van der Waals surface area contributed by atoms with Crippen molar-refractivity contribution < 1.29 is 0 Å². The van der Waals surface area contributed by atoms with Gasteiger partial charge in [-0.2, -0.15) is 0 Å². The zero-order chi connectivity index (χ0) is 9.26. The molecule has 1 fully saturated rings. The maximum atomic E-state index is 3.24. The van der Waals surface area contributed by atoms with E-state index < -0.39 is 0 Å². The van der Waals surface area contributed by atoms with Gasteiger partial charge in [0, 0.05) is 0 Å². The molecule has 0 spiro atoms. The van der Waals surface area contributed by atoms with Gasteiger partial charge in [-0.15, -0.1) is 0 Å². The van der Waals surface area contributed by atoms with Crippen LogP contribution in [0.25, 0.3) is 0 Å². The standard InChI is InChI=1S/C12H17N/c1-9-3-5-10(6-4-9)12-7-11(12)8-13-2/h3-6,11-13H,7-8H2,1-2H3/t11-,12-/m0/s1. The highest BCUT2D eigenvalue weighted by Crippen LogP contribution is 2.46. The van der Waals surface area contributed by atoms with Crippen LogP contribution in [0.15, 0.2) is 24.3 Å². The van der Waals surface area contributed by atoms with Crippen LogP contribution in [-0.2, 0) is 0 Å². The molecule has 2 atom stereocenters. The third-order valence-electron chi connectivity index (χ3n) is 2.89. The molecular formula is C12H17N. The summed E-state index contributed by atoms with van der Waals surface area (Å²) in [4.78, 5) is 0. The van der Waals surface area contributed by atoms with E-state index in [-0.39, 0.29) is 0 Å². The van der Waals surface area contributed by atoms with Crippen molar-refractivity contribution in [2.45, 2.75) is 19.3 Å². The first kappa shape index (κ1) is 8.76. The van der Waals surface area contributed by atoms with E-state index in [1.807, 2.05) is 7.05 Å². The Balaban J connectivity index is 2.00. The van der Waals surface area contributed by atoms with Crippen LogP contribution in [0, 0.1) is 12.8 Å². The number of benzene rings is 1. The van der Waals surface area contributed by atoms with Crippen molar-refractivity contribution in [1.29, 1.82) is 0 Å². The predicted octanol–water partition coefficient (Wildman–Crippen LogP) is 2.32. The molecule has 1 nitrogen and oxygen atoms in total. The van der Waals surface area contributed by atoms with Gasteiger partial charge in [0.15, 0.2) is 0 Å². The summed E-state index contributed by atoms with van der Waals surface area (Å²) in [5, 5.41) is 3.24. The number of hydrogen-bond donors (Lipinski definition) is 1. The van der Waals surface area contributed by atoms with Gasteiger partial charge >= 0.3 is 0 Å². The van der Waals surface area contributed by atoms with E-state index in [0.717, 1.165) is 11.8 Å². The smallest absolute Gasteiger partial charge is 0.00175 e. The van der Waals surface area contributed by atoms with Crippen molar-refractivity contribution in [2.75, 3.05) is 13.6 Å². The minimum absolute atomic E-state index is 0.827. The van der Waals surface area contributed by atoms with Crippen molar-refractivity contribution >= 4 is 0 Å². The Hall–Kier alpha value is -0.820. The van der Waals surface area contributed by atoms with Crippen LogP contribution in [-0.4, -0.2) is 13.6 Å². The second-order valence-electron chi connectivity index (χ2n) is 4.07. The molecule has 0 saturated heterocycles. The second-order valence-corrected chi connectivity index (χ2v) is 4.07. The van der Waals surface area contributed by atoms with Crippen molar-refractivity contribution in [2.24, 2.45) is 5.92 Å². The summed E-state index contributed by atoms with van der Waals surface area (Å²) in [6, 6.07) is 8.97. The Morgan fingerprint density at radius 3 is 2.62 bits per heavy atom. The van der Waals surface area contributed by atoms with Gasteiger partial charge in [-0.05, 0) is 44.3 Å². The first-order chi connectivity index (χ1) is 6.31. The lowest BCUT2D eigenvalue weighted by Gasteiger charge is -2.00. The fourth-order valence-electron chi connectivity index (χ4n) is 1.96. The molecule has 0 unspecified atom stereocenters. The molecule has 0 heterocycles. The predicted molar refractivity (Wildman–Crippen MR) is 56.0 cm³/mol. The van der Waals surface area contributed by atoms with E-state index in [1.54, 1.807) is 0 Å². The first-order valence-electron chi connectivity index (χ1n) is 5.02. The number of aryl methyl sites for hydroxylation is 1. The Morgan fingerprint density at radius 2 is 2.00 bits per heavy atom. The molecule has 1 aromatic rings. The van der Waals surface area contributed by atoms with Crippen molar-refractivity contribution in [3.05, 3.63) is 35.4 Å². The zero-order valence-electron chi connectivity index (χ0n) is 8.38. The van der Waals surface area contributed by atoms with E-state index in [9.17, 15) is 0 Å². The fourth-order valence-corrected chi connectivity index (χ4v) is 1.96. The van der Waals surface area contributed by atoms with E-state index in [4.69, 9.17) is 0 Å². The lowest BCUT2D eigenvalue weighted by molar-refractivity contribution is 0.698. The topological polar surface area (TPSA) is 12.0 Å². The third-order valence-corrected chi connectivity index (χ3v) is 2.89. The third kappa shape index (κ3) is 1.92. The first-order valence-corrected chi connectivity index (χ1v) is 5.02. The van der Waals surface area contributed by atoms with E-state index >= 15 is 0 Å². The highest BCUT2D eigenvalue weighted by atomic mass is 14.8. The fraction of sp³-hybridized carbons (Fsp3) is 0.500. The molecule has 0 amide bonds. The molecule has 1 heteroatoms. The maximum absolute atomic E-state index is 3.24. The van der Waals surface area contributed by atoms with E-state index in [1.165, 1.54) is 24.1 Å². The molecule has 0 aromatic heterocycles. The van der Waals surface area contributed by atoms with Crippen LogP contribution in [0.1, 0.15) is 23.5 Å². The number of nitrogens with one attached hydrogen (secondary N) is 1. The number of hydrogen-bond acceptors (Lipinski definition) is 1. The van der Waals surface area contributed by atoms with Gasteiger partial charge in [0.05, 0.1) is 0 Å². The Morgan fingerprint density at radius 1 is 1.31 bits per heavy atom. The minimum Gasteiger partial charge on any atom is -0.319 e.